The Morgan fingerprint density at radius 1 is 1.16 bits per heavy atom. The fourth-order valence-electron chi connectivity index (χ4n) is 1.81. The predicted octanol–water partition coefficient (Wildman–Crippen LogP) is 3.56. The van der Waals surface area contributed by atoms with Crippen molar-refractivity contribution in [3.05, 3.63) is 58.1 Å². The lowest BCUT2D eigenvalue weighted by atomic mass is 10.1. The minimum Gasteiger partial charge on any atom is -0.399 e. The number of nitrogens with two attached hydrogens (primary N) is 1. The first-order valence-corrected chi connectivity index (χ1v) is 6.77. The third-order valence-corrected chi connectivity index (χ3v) is 3.50. The van der Waals surface area contributed by atoms with Gasteiger partial charge in [0.1, 0.15) is 6.07 Å². The van der Waals surface area contributed by atoms with E-state index in [1.54, 1.807) is 0 Å². The van der Waals surface area contributed by atoms with E-state index in [-0.39, 0.29) is 0 Å². The molecular formula is C15H14BrN3. The van der Waals surface area contributed by atoms with Gasteiger partial charge in [-0.2, -0.15) is 5.26 Å². The molecule has 2 aromatic carbocycles. The first-order chi connectivity index (χ1) is 9.20. The Balaban J connectivity index is 1.98. The number of halogens is 1. The van der Waals surface area contributed by atoms with Crippen molar-refractivity contribution in [2.75, 3.05) is 17.6 Å². The molecule has 0 radical (unpaired) electrons. The summed E-state index contributed by atoms with van der Waals surface area (Å²) in [7, 11) is 0. The van der Waals surface area contributed by atoms with Crippen molar-refractivity contribution >= 4 is 27.3 Å². The molecule has 2 rings (SSSR count). The van der Waals surface area contributed by atoms with E-state index in [1.165, 1.54) is 5.56 Å². The number of nitrogen functional groups attached to an aromatic ring is 1. The summed E-state index contributed by atoms with van der Waals surface area (Å²) in [6, 6.07) is 15.7. The van der Waals surface area contributed by atoms with Crippen molar-refractivity contribution in [3.63, 3.8) is 0 Å². The largest absolute Gasteiger partial charge is 0.399 e. The lowest BCUT2D eigenvalue weighted by molar-refractivity contribution is 1.02. The number of anilines is 2. The van der Waals surface area contributed by atoms with Crippen LogP contribution in [0.5, 0.6) is 0 Å². The molecule has 0 saturated heterocycles. The second kappa shape index (κ2) is 6.26. The summed E-state index contributed by atoms with van der Waals surface area (Å²) < 4.78 is 0.812. The quantitative estimate of drug-likeness (QED) is 0.848. The minimum atomic E-state index is 0.639. The summed E-state index contributed by atoms with van der Waals surface area (Å²) in [5, 5.41) is 12.4. The lowest BCUT2D eigenvalue weighted by Gasteiger charge is -2.09. The van der Waals surface area contributed by atoms with Gasteiger partial charge in [-0.15, -0.1) is 0 Å². The number of benzene rings is 2. The maximum atomic E-state index is 9.11. The second-order valence-corrected chi connectivity index (χ2v) is 5.05. The van der Waals surface area contributed by atoms with Crippen LogP contribution in [0.1, 0.15) is 11.1 Å². The van der Waals surface area contributed by atoms with Crippen molar-refractivity contribution in [1.29, 1.82) is 5.26 Å². The molecule has 2 aromatic rings. The highest BCUT2D eigenvalue weighted by molar-refractivity contribution is 9.10. The molecule has 0 amide bonds. The highest BCUT2D eigenvalue weighted by Crippen LogP contribution is 2.23. The average molecular weight is 316 g/mol. The van der Waals surface area contributed by atoms with Crippen LogP contribution in [0, 0.1) is 11.3 Å². The number of nitrogens with zero attached hydrogens (tertiary/aromatic N) is 1. The molecule has 3 nitrogen and oxygen atoms in total. The summed E-state index contributed by atoms with van der Waals surface area (Å²) >= 11 is 3.38. The van der Waals surface area contributed by atoms with Crippen LogP contribution in [-0.2, 0) is 6.42 Å². The summed E-state index contributed by atoms with van der Waals surface area (Å²) in [6.07, 6.45) is 0.887. The molecule has 0 saturated carbocycles. The first kappa shape index (κ1) is 13.4. The van der Waals surface area contributed by atoms with Gasteiger partial charge < -0.3 is 11.1 Å². The SMILES string of the molecule is N#Cc1c(Br)cccc1NCCc1ccc(N)cc1. The van der Waals surface area contributed by atoms with E-state index < -0.39 is 0 Å². The second-order valence-electron chi connectivity index (χ2n) is 4.19. The van der Waals surface area contributed by atoms with Crippen molar-refractivity contribution in [3.8, 4) is 6.07 Å². The molecule has 0 aliphatic rings. The monoisotopic (exact) mass is 315 g/mol. The van der Waals surface area contributed by atoms with E-state index in [2.05, 4.69) is 27.3 Å². The van der Waals surface area contributed by atoms with Crippen LogP contribution < -0.4 is 11.1 Å². The number of nitriles is 1. The van der Waals surface area contributed by atoms with Gasteiger partial charge in [-0.3, -0.25) is 0 Å². The van der Waals surface area contributed by atoms with Crippen molar-refractivity contribution in [1.82, 2.24) is 0 Å². The number of rotatable bonds is 4. The minimum absolute atomic E-state index is 0.639. The fourth-order valence-corrected chi connectivity index (χ4v) is 2.27. The molecule has 19 heavy (non-hydrogen) atoms. The Kier molecular flexibility index (Phi) is 4.43. The molecule has 96 valence electrons. The molecule has 0 fully saturated rings. The molecule has 0 heterocycles. The zero-order valence-corrected chi connectivity index (χ0v) is 11.9. The number of nitrogens with one attached hydrogen (secondary N) is 1. The summed E-state index contributed by atoms with van der Waals surface area (Å²) in [5.74, 6) is 0. The molecule has 0 bridgehead atoms. The summed E-state index contributed by atoms with van der Waals surface area (Å²) in [6.45, 7) is 0.773. The van der Waals surface area contributed by atoms with Gasteiger partial charge in [0.25, 0.3) is 0 Å². The Morgan fingerprint density at radius 3 is 2.58 bits per heavy atom. The van der Waals surface area contributed by atoms with E-state index in [0.29, 0.717) is 5.56 Å². The van der Waals surface area contributed by atoms with Crippen molar-refractivity contribution in [2.45, 2.75) is 6.42 Å². The molecule has 0 aliphatic heterocycles. The smallest absolute Gasteiger partial charge is 0.103 e. The van der Waals surface area contributed by atoms with Crippen LogP contribution in [0.4, 0.5) is 11.4 Å². The van der Waals surface area contributed by atoms with Gasteiger partial charge >= 0.3 is 0 Å². The zero-order valence-electron chi connectivity index (χ0n) is 10.4. The maximum Gasteiger partial charge on any atom is 0.103 e. The molecule has 3 N–H and O–H groups in total. The van der Waals surface area contributed by atoms with E-state index >= 15 is 0 Å². The fraction of sp³-hybridized carbons (Fsp3) is 0.133. The molecule has 0 spiro atoms. The Morgan fingerprint density at radius 2 is 1.89 bits per heavy atom. The highest BCUT2D eigenvalue weighted by atomic mass is 79.9. The van der Waals surface area contributed by atoms with Crippen LogP contribution in [0.25, 0.3) is 0 Å². The van der Waals surface area contributed by atoms with Gasteiger partial charge in [0.15, 0.2) is 0 Å². The molecule has 0 aromatic heterocycles. The van der Waals surface area contributed by atoms with Crippen LogP contribution in [-0.4, -0.2) is 6.54 Å². The Labute approximate surface area is 121 Å². The van der Waals surface area contributed by atoms with E-state index in [1.807, 2.05) is 42.5 Å². The molecular weight excluding hydrogens is 302 g/mol. The third-order valence-electron chi connectivity index (χ3n) is 2.83. The third kappa shape index (κ3) is 3.49. The molecule has 0 aliphatic carbocycles. The summed E-state index contributed by atoms with van der Waals surface area (Å²) in [4.78, 5) is 0. The van der Waals surface area contributed by atoms with Crippen molar-refractivity contribution < 1.29 is 0 Å². The van der Waals surface area contributed by atoms with E-state index in [9.17, 15) is 0 Å². The van der Waals surface area contributed by atoms with Gasteiger partial charge in [-0.05, 0) is 52.2 Å². The van der Waals surface area contributed by atoms with Crippen molar-refractivity contribution in [2.24, 2.45) is 0 Å². The van der Waals surface area contributed by atoms with Gasteiger partial charge in [0, 0.05) is 16.7 Å². The van der Waals surface area contributed by atoms with Crippen LogP contribution >= 0.6 is 15.9 Å². The van der Waals surface area contributed by atoms with Gasteiger partial charge in [0.2, 0.25) is 0 Å². The number of hydrogen-bond donors (Lipinski definition) is 2. The number of hydrogen-bond acceptors (Lipinski definition) is 3. The van der Waals surface area contributed by atoms with Crippen LogP contribution in [0.3, 0.4) is 0 Å². The maximum absolute atomic E-state index is 9.11. The van der Waals surface area contributed by atoms with E-state index in [4.69, 9.17) is 11.0 Å². The molecule has 4 heteroatoms. The highest BCUT2D eigenvalue weighted by Gasteiger charge is 2.04. The average Bonchev–Trinajstić information content (AvgIpc) is 2.41. The van der Waals surface area contributed by atoms with Crippen LogP contribution in [0.15, 0.2) is 46.9 Å². The van der Waals surface area contributed by atoms with E-state index in [0.717, 1.165) is 28.8 Å². The summed E-state index contributed by atoms with van der Waals surface area (Å²) in [5.41, 5.74) is 9.13. The zero-order chi connectivity index (χ0) is 13.7. The topological polar surface area (TPSA) is 61.8 Å². The Hall–Kier alpha value is -1.99. The lowest BCUT2D eigenvalue weighted by Crippen LogP contribution is -2.06. The van der Waals surface area contributed by atoms with Gasteiger partial charge in [-0.1, -0.05) is 18.2 Å². The molecule has 0 atom stereocenters. The van der Waals surface area contributed by atoms with Crippen LogP contribution in [0.2, 0.25) is 0 Å². The van der Waals surface area contributed by atoms with Gasteiger partial charge in [0.05, 0.1) is 11.3 Å². The normalized spacial score (nSPS) is 9.89. The standard InChI is InChI=1S/C15H14BrN3/c16-14-2-1-3-15(13(14)10-17)19-9-8-11-4-6-12(18)7-5-11/h1-7,19H,8-9,18H2. The predicted molar refractivity (Wildman–Crippen MR) is 81.9 cm³/mol. The first-order valence-electron chi connectivity index (χ1n) is 5.97. The molecule has 0 unspecified atom stereocenters. The Bertz CT molecular complexity index is 600. The van der Waals surface area contributed by atoms with Gasteiger partial charge in [-0.25, -0.2) is 0 Å².